The van der Waals surface area contributed by atoms with E-state index in [2.05, 4.69) is 125 Å². The summed E-state index contributed by atoms with van der Waals surface area (Å²) in [6, 6.07) is 0. The highest BCUT2D eigenvalue weighted by atomic mass is 31.2. The smallest absolute Gasteiger partial charge is 0.462 e. The number of aliphatic hydroxyl groups is 1. The van der Waals surface area contributed by atoms with Crippen LogP contribution in [0.5, 0.6) is 0 Å². The molecule has 17 nitrogen and oxygen atoms in total. The monoisotopic (exact) mass is 1480 g/mol. The average molecular weight is 1480 g/mol. The first kappa shape index (κ1) is 98.0. The second kappa shape index (κ2) is 75.2. The zero-order chi connectivity index (χ0) is 74.6. The molecule has 0 saturated heterocycles. The number of hydrogen-bond acceptors (Lipinski definition) is 15. The molecule has 0 spiro atoms. The maximum Gasteiger partial charge on any atom is 0.472 e. The van der Waals surface area contributed by atoms with E-state index >= 15 is 0 Å². The van der Waals surface area contributed by atoms with Crippen molar-refractivity contribution in [3.8, 4) is 0 Å². The molecular formula is C83H146O17P2. The summed E-state index contributed by atoms with van der Waals surface area (Å²) >= 11 is 0. The quantitative estimate of drug-likeness (QED) is 0.0169. The molecule has 0 aliphatic heterocycles. The summed E-state index contributed by atoms with van der Waals surface area (Å²) in [5.41, 5.74) is 0. The molecule has 0 saturated carbocycles. The Kier molecular flexibility index (Phi) is 72.3. The molecule has 3 N–H and O–H groups in total. The van der Waals surface area contributed by atoms with E-state index in [9.17, 15) is 43.2 Å². The van der Waals surface area contributed by atoms with Crippen molar-refractivity contribution in [1.29, 1.82) is 0 Å². The maximum absolute atomic E-state index is 13.1. The first-order valence-electron chi connectivity index (χ1n) is 40.5. The fraction of sp³-hybridized carbons (Fsp3) is 0.759. The summed E-state index contributed by atoms with van der Waals surface area (Å²) < 4.78 is 68.6. The predicted octanol–water partition coefficient (Wildman–Crippen LogP) is 23.6. The number of allylic oxidation sites excluding steroid dienone is 16. The second-order valence-corrected chi connectivity index (χ2v) is 29.9. The molecule has 5 atom stereocenters. The van der Waals surface area contributed by atoms with Gasteiger partial charge >= 0.3 is 39.5 Å². The molecular weight excluding hydrogens is 1330 g/mol. The third kappa shape index (κ3) is 74.3. The van der Waals surface area contributed by atoms with Crippen LogP contribution in [-0.4, -0.2) is 96.7 Å². The maximum atomic E-state index is 13.1. The van der Waals surface area contributed by atoms with Gasteiger partial charge < -0.3 is 33.8 Å². The van der Waals surface area contributed by atoms with Crippen LogP contribution in [-0.2, 0) is 65.4 Å². The third-order valence-electron chi connectivity index (χ3n) is 17.0. The SMILES string of the molecule is CC/C=C\C/C=C\C/C=C\C/C=C\CCCCCCCCC(=O)OCC(COP(=O)(O)OCC(O)COP(=O)(O)OCC(COC(=O)CCCCCCC/C=C\C/C=C\CCCCC)OC(=O)CCCCCCCCCCCCCCCCC)OC(=O)CCCCCCC/C=C\C/C=C\CCC. The van der Waals surface area contributed by atoms with E-state index in [1.54, 1.807) is 0 Å². The van der Waals surface area contributed by atoms with Crippen molar-refractivity contribution >= 4 is 39.5 Å². The van der Waals surface area contributed by atoms with E-state index in [4.69, 9.17) is 37.0 Å². The van der Waals surface area contributed by atoms with Gasteiger partial charge in [-0.05, 0) is 122 Å². The summed E-state index contributed by atoms with van der Waals surface area (Å²) in [5.74, 6) is -2.20. The van der Waals surface area contributed by atoms with Crippen LogP contribution in [0.3, 0.4) is 0 Å². The molecule has 5 unspecified atom stereocenters. The zero-order valence-corrected chi connectivity index (χ0v) is 66.3. The first-order chi connectivity index (χ1) is 49.7. The second-order valence-electron chi connectivity index (χ2n) is 27.0. The Bertz CT molecular complexity index is 2310. The van der Waals surface area contributed by atoms with Crippen molar-refractivity contribution in [2.24, 2.45) is 0 Å². The highest BCUT2D eigenvalue weighted by molar-refractivity contribution is 7.47. The lowest BCUT2D eigenvalue weighted by molar-refractivity contribution is -0.161. The summed E-state index contributed by atoms with van der Waals surface area (Å²) in [6.45, 7) is 4.68. The largest absolute Gasteiger partial charge is 0.472 e. The third-order valence-corrected chi connectivity index (χ3v) is 18.9. The fourth-order valence-corrected chi connectivity index (χ4v) is 12.4. The van der Waals surface area contributed by atoms with Crippen molar-refractivity contribution in [3.05, 3.63) is 97.2 Å². The number of esters is 4. The van der Waals surface area contributed by atoms with Gasteiger partial charge in [-0.15, -0.1) is 0 Å². The Hall–Kier alpha value is -4.02. The van der Waals surface area contributed by atoms with Gasteiger partial charge in [0.1, 0.15) is 19.3 Å². The van der Waals surface area contributed by atoms with Gasteiger partial charge in [0.2, 0.25) is 0 Å². The molecule has 19 heteroatoms. The van der Waals surface area contributed by atoms with Gasteiger partial charge in [-0.1, -0.05) is 298 Å². The van der Waals surface area contributed by atoms with Crippen LogP contribution in [0, 0.1) is 0 Å². The van der Waals surface area contributed by atoms with E-state index in [-0.39, 0.29) is 25.7 Å². The zero-order valence-electron chi connectivity index (χ0n) is 64.5. The number of ether oxygens (including phenoxy) is 4. The van der Waals surface area contributed by atoms with Crippen LogP contribution in [0.15, 0.2) is 97.2 Å². The lowest BCUT2D eigenvalue weighted by Crippen LogP contribution is -2.30. The molecule has 102 heavy (non-hydrogen) atoms. The van der Waals surface area contributed by atoms with Gasteiger partial charge in [0, 0.05) is 25.7 Å². The van der Waals surface area contributed by atoms with Gasteiger partial charge in [-0.2, -0.15) is 0 Å². The molecule has 0 aliphatic carbocycles. The number of unbranched alkanes of at least 4 members (excludes halogenated alkanes) is 34. The standard InChI is InChI=1S/C83H146O17P2/c1-5-9-13-17-21-25-29-33-36-37-38-39-42-45-48-52-56-60-64-68-81(86)94-73-78(99-82(87)69-65-61-57-53-49-43-32-28-24-20-16-12-8-4)75-97-101(89,90)95-71-77(84)72-96-102(91,92)98-76-79(100-83(88)70-66-62-58-54-50-46-41-35-31-27-23-19-15-11-7-3)74-93-80(85)67-63-59-55-51-47-44-40-34-30-26-22-18-14-10-6-2/h9,13,16,20-22,25-26,28,32-34,36,38-40,77-79,84H,5-8,10-12,14-15,17-19,23-24,27,29-31,35,37,41-76H2,1-4H3,(H,89,90)(H,91,92)/b13-9-,20-16-,25-21-,26-22-,32-28-,36-33-,39-38-,40-34-. The molecule has 0 aliphatic rings. The Labute approximate surface area is 620 Å². The van der Waals surface area contributed by atoms with E-state index < -0.39 is 97.5 Å². The number of hydrogen-bond donors (Lipinski definition) is 3. The minimum atomic E-state index is -4.98. The Morgan fingerprint density at radius 2 is 0.529 bits per heavy atom. The van der Waals surface area contributed by atoms with Crippen LogP contribution < -0.4 is 0 Å². The van der Waals surface area contributed by atoms with Crippen LogP contribution in [0.4, 0.5) is 0 Å². The molecule has 590 valence electrons. The molecule has 0 aromatic rings. The van der Waals surface area contributed by atoms with Gasteiger partial charge in [-0.3, -0.25) is 37.3 Å². The number of rotatable bonds is 76. The van der Waals surface area contributed by atoms with Crippen molar-refractivity contribution in [1.82, 2.24) is 0 Å². The van der Waals surface area contributed by atoms with Crippen LogP contribution in [0.25, 0.3) is 0 Å². The lowest BCUT2D eigenvalue weighted by atomic mass is 10.0. The molecule has 0 aromatic heterocycles. The fourth-order valence-electron chi connectivity index (χ4n) is 10.9. The first-order valence-corrected chi connectivity index (χ1v) is 43.5. The molecule has 0 bridgehead atoms. The van der Waals surface area contributed by atoms with Crippen molar-refractivity contribution in [2.45, 2.75) is 367 Å². The Morgan fingerprint density at radius 3 is 0.843 bits per heavy atom. The molecule has 0 heterocycles. The van der Waals surface area contributed by atoms with Crippen LogP contribution in [0.2, 0.25) is 0 Å². The van der Waals surface area contributed by atoms with Crippen molar-refractivity contribution in [3.63, 3.8) is 0 Å². The average Bonchev–Trinajstić information content (AvgIpc) is 0.908. The Balaban J connectivity index is 5.35. The van der Waals surface area contributed by atoms with Crippen molar-refractivity contribution < 1.29 is 80.2 Å². The van der Waals surface area contributed by atoms with E-state index in [1.807, 2.05) is 0 Å². The number of carbonyl (C=O) groups is 4. The normalized spacial score (nSPS) is 14.4. The Morgan fingerprint density at radius 1 is 0.284 bits per heavy atom. The predicted molar refractivity (Wildman–Crippen MR) is 418 cm³/mol. The summed E-state index contributed by atoms with van der Waals surface area (Å²) in [4.78, 5) is 73.0. The molecule has 0 rings (SSSR count). The van der Waals surface area contributed by atoms with E-state index in [1.165, 1.54) is 83.5 Å². The van der Waals surface area contributed by atoms with E-state index in [0.29, 0.717) is 25.7 Å². The number of carbonyl (C=O) groups excluding carboxylic acids is 4. The minimum absolute atomic E-state index is 0.0752. The molecule has 0 fully saturated rings. The molecule has 0 radical (unpaired) electrons. The van der Waals surface area contributed by atoms with Gasteiger partial charge in [-0.25, -0.2) is 9.13 Å². The summed E-state index contributed by atoms with van der Waals surface area (Å²) in [7, 11) is -9.96. The van der Waals surface area contributed by atoms with Gasteiger partial charge in [0.05, 0.1) is 26.4 Å². The topological polar surface area (TPSA) is 237 Å². The van der Waals surface area contributed by atoms with E-state index in [0.717, 1.165) is 186 Å². The highest BCUT2D eigenvalue weighted by Gasteiger charge is 2.30. The number of aliphatic hydroxyl groups excluding tert-OH is 1. The van der Waals surface area contributed by atoms with Crippen molar-refractivity contribution in [2.75, 3.05) is 39.6 Å². The molecule has 0 amide bonds. The van der Waals surface area contributed by atoms with Crippen LogP contribution >= 0.6 is 15.6 Å². The van der Waals surface area contributed by atoms with Gasteiger partial charge in [0.25, 0.3) is 0 Å². The van der Waals surface area contributed by atoms with Crippen LogP contribution in [0.1, 0.15) is 349 Å². The highest BCUT2D eigenvalue weighted by Crippen LogP contribution is 2.45. The number of phosphoric acid groups is 2. The summed E-state index contributed by atoms with van der Waals surface area (Å²) in [6.07, 6.45) is 79.5. The van der Waals surface area contributed by atoms with Gasteiger partial charge in [0.15, 0.2) is 12.2 Å². The molecule has 0 aromatic carbocycles. The number of phosphoric ester groups is 2. The summed E-state index contributed by atoms with van der Waals surface area (Å²) in [5, 5.41) is 10.6. The lowest BCUT2D eigenvalue weighted by Gasteiger charge is -2.21. The minimum Gasteiger partial charge on any atom is -0.462 e.